The minimum absolute atomic E-state index is 0.0760. The number of rotatable bonds is 5. The van der Waals surface area contributed by atoms with Gasteiger partial charge in [-0.25, -0.2) is 0 Å². The molecule has 7 nitrogen and oxygen atoms in total. The number of amides is 2. The number of carbonyl (C=O) groups is 2. The van der Waals surface area contributed by atoms with E-state index in [1.807, 2.05) is 17.9 Å². The zero-order valence-corrected chi connectivity index (χ0v) is 12.4. The van der Waals surface area contributed by atoms with Crippen LogP contribution >= 0.6 is 0 Å². The van der Waals surface area contributed by atoms with Crippen LogP contribution in [0.3, 0.4) is 0 Å². The van der Waals surface area contributed by atoms with Gasteiger partial charge in [0.2, 0.25) is 11.8 Å². The summed E-state index contributed by atoms with van der Waals surface area (Å²) in [5.41, 5.74) is 0. The largest absolute Gasteiger partial charge is 0.467 e. The number of nitrogens with zero attached hydrogens (tertiary/aromatic N) is 1. The molecule has 2 heterocycles. The molecule has 21 heavy (non-hydrogen) atoms. The average molecular weight is 294 g/mol. The van der Waals surface area contributed by atoms with Crippen LogP contribution in [0.2, 0.25) is 0 Å². The molecule has 3 N–H and O–H groups in total. The molecule has 0 saturated carbocycles. The summed E-state index contributed by atoms with van der Waals surface area (Å²) in [5, 5.41) is 8.66. The second-order valence-corrected chi connectivity index (χ2v) is 5.05. The second-order valence-electron chi connectivity index (χ2n) is 5.05. The van der Waals surface area contributed by atoms with Crippen molar-refractivity contribution in [2.75, 3.05) is 26.7 Å². The van der Waals surface area contributed by atoms with Crippen molar-refractivity contribution in [2.45, 2.75) is 25.6 Å². The lowest BCUT2D eigenvalue weighted by atomic mass is 10.1. The molecule has 116 valence electrons. The fourth-order valence-electron chi connectivity index (χ4n) is 2.48. The Balaban J connectivity index is 1.94. The number of nitrogens with one attached hydrogen (secondary N) is 3. The molecule has 1 aliphatic heterocycles. The van der Waals surface area contributed by atoms with Crippen LogP contribution in [0.4, 0.5) is 0 Å². The first-order valence-corrected chi connectivity index (χ1v) is 7.11. The molecule has 2 unspecified atom stereocenters. The number of hydrogen-bond donors (Lipinski definition) is 3. The van der Waals surface area contributed by atoms with E-state index in [-0.39, 0.29) is 23.9 Å². The van der Waals surface area contributed by atoms with E-state index in [4.69, 9.17) is 4.42 Å². The van der Waals surface area contributed by atoms with Gasteiger partial charge in [-0.05, 0) is 19.1 Å². The van der Waals surface area contributed by atoms with Crippen molar-refractivity contribution in [2.24, 2.45) is 0 Å². The summed E-state index contributed by atoms with van der Waals surface area (Å²) in [6, 6.07) is 2.89. The minimum atomic E-state index is -0.371. The molecular formula is C14H22N4O3. The topological polar surface area (TPSA) is 86.6 Å². The first-order chi connectivity index (χ1) is 10.1. The van der Waals surface area contributed by atoms with Crippen LogP contribution in [0, 0.1) is 0 Å². The first kappa shape index (κ1) is 15.5. The first-order valence-electron chi connectivity index (χ1n) is 7.11. The number of furan rings is 1. The highest BCUT2D eigenvalue weighted by molar-refractivity contribution is 5.85. The summed E-state index contributed by atoms with van der Waals surface area (Å²) in [6.07, 6.45) is 1.57. The van der Waals surface area contributed by atoms with Crippen molar-refractivity contribution >= 4 is 11.8 Å². The summed E-state index contributed by atoms with van der Waals surface area (Å²) in [5.74, 6) is 0.522. The Morgan fingerprint density at radius 3 is 3.05 bits per heavy atom. The molecule has 1 aromatic rings. The van der Waals surface area contributed by atoms with Crippen LogP contribution in [0.25, 0.3) is 0 Å². The fourth-order valence-corrected chi connectivity index (χ4v) is 2.48. The van der Waals surface area contributed by atoms with Crippen molar-refractivity contribution in [1.29, 1.82) is 0 Å². The molecule has 1 aromatic heterocycles. The van der Waals surface area contributed by atoms with Gasteiger partial charge < -0.3 is 20.4 Å². The Kier molecular flexibility index (Phi) is 5.35. The summed E-state index contributed by atoms with van der Waals surface area (Å²) >= 11 is 0. The summed E-state index contributed by atoms with van der Waals surface area (Å²) in [6.45, 7) is 4.15. The van der Waals surface area contributed by atoms with Gasteiger partial charge in [0.05, 0.1) is 18.8 Å². The van der Waals surface area contributed by atoms with E-state index in [1.165, 1.54) is 0 Å². The van der Waals surface area contributed by atoms with E-state index < -0.39 is 0 Å². The molecule has 0 spiro atoms. The van der Waals surface area contributed by atoms with E-state index in [0.717, 1.165) is 6.54 Å². The Morgan fingerprint density at radius 1 is 1.57 bits per heavy atom. The van der Waals surface area contributed by atoms with Crippen molar-refractivity contribution < 1.29 is 14.0 Å². The number of piperazine rings is 1. The number of hydrogen-bond acceptors (Lipinski definition) is 5. The minimum Gasteiger partial charge on any atom is -0.467 e. The van der Waals surface area contributed by atoms with Gasteiger partial charge in [0.25, 0.3) is 0 Å². The van der Waals surface area contributed by atoms with Crippen LogP contribution in [0.1, 0.15) is 12.7 Å². The third kappa shape index (κ3) is 3.83. The maximum atomic E-state index is 12.2. The molecular weight excluding hydrogens is 272 g/mol. The molecule has 2 atom stereocenters. The van der Waals surface area contributed by atoms with Crippen molar-refractivity contribution in [3.63, 3.8) is 0 Å². The molecule has 7 heteroatoms. The Morgan fingerprint density at radius 2 is 2.38 bits per heavy atom. The SMILES string of the molecule is CNC(=O)C1CNCCN1C(C)C(=O)NCc1ccco1. The Labute approximate surface area is 124 Å². The predicted molar refractivity (Wildman–Crippen MR) is 77.4 cm³/mol. The van der Waals surface area contributed by atoms with Gasteiger partial charge in [-0.2, -0.15) is 0 Å². The van der Waals surface area contributed by atoms with Gasteiger partial charge >= 0.3 is 0 Å². The predicted octanol–water partition coefficient (Wildman–Crippen LogP) is -0.696. The van der Waals surface area contributed by atoms with Gasteiger partial charge in [0.15, 0.2) is 0 Å². The van der Waals surface area contributed by atoms with E-state index >= 15 is 0 Å². The standard InChI is InChI=1S/C14H22N4O3/c1-10(13(19)17-8-11-4-3-7-21-11)18-6-5-16-9-12(18)14(20)15-2/h3-4,7,10,12,16H,5-6,8-9H2,1-2H3,(H,15,20)(H,17,19). The highest BCUT2D eigenvalue weighted by atomic mass is 16.3. The molecule has 1 saturated heterocycles. The van der Waals surface area contributed by atoms with Crippen molar-refractivity contribution in [3.05, 3.63) is 24.2 Å². The molecule has 2 rings (SSSR count). The smallest absolute Gasteiger partial charge is 0.238 e. The van der Waals surface area contributed by atoms with Crippen LogP contribution in [-0.2, 0) is 16.1 Å². The summed E-state index contributed by atoms with van der Waals surface area (Å²) in [4.78, 5) is 26.1. The maximum absolute atomic E-state index is 12.2. The Bertz CT molecular complexity index is 475. The van der Waals surface area contributed by atoms with Crippen molar-refractivity contribution in [1.82, 2.24) is 20.9 Å². The van der Waals surface area contributed by atoms with Crippen LogP contribution in [0.5, 0.6) is 0 Å². The number of likely N-dealkylation sites (N-methyl/N-ethyl adjacent to an activating group) is 1. The lowest BCUT2D eigenvalue weighted by molar-refractivity contribution is -0.132. The van der Waals surface area contributed by atoms with E-state index in [1.54, 1.807) is 19.4 Å². The van der Waals surface area contributed by atoms with E-state index in [9.17, 15) is 9.59 Å². The van der Waals surface area contributed by atoms with Gasteiger partial charge in [0, 0.05) is 26.7 Å². The molecule has 2 amide bonds. The lowest BCUT2D eigenvalue weighted by Gasteiger charge is -2.38. The van der Waals surface area contributed by atoms with Gasteiger partial charge in [-0.1, -0.05) is 0 Å². The normalized spacial score (nSPS) is 20.8. The molecule has 0 bridgehead atoms. The maximum Gasteiger partial charge on any atom is 0.238 e. The van der Waals surface area contributed by atoms with Crippen LogP contribution in [-0.4, -0.2) is 55.5 Å². The number of carbonyl (C=O) groups excluding carboxylic acids is 2. The third-order valence-corrected chi connectivity index (χ3v) is 3.73. The van der Waals surface area contributed by atoms with Crippen LogP contribution in [0.15, 0.2) is 22.8 Å². The molecule has 0 aromatic carbocycles. The second kappa shape index (κ2) is 7.24. The lowest BCUT2D eigenvalue weighted by Crippen LogP contribution is -2.62. The molecule has 0 radical (unpaired) electrons. The highest BCUT2D eigenvalue weighted by Gasteiger charge is 2.34. The van der Waals surface area contributed by atoms with Crippen LogP contribution < -0.4 is 16.0 Å². The monoisotopic (exact) mass is 294 g/mol. The molecule has 0 aliphatic carbocycles. The molecule has 1 aliphatic rings. The van der Waals surface area contributed by atoms with Gasteiger partial charge in [-0.15, -0.1) is 0 Å². The Hall–Kier alpha value is -1.86. The highest BCUT2D eigenvalue weighted by Crippen LogP contribution is 2.10. The zero-order chi connectivity index (χ0) is 15.2. The zero-order valence-electron chi connectivity index (χ0n) is 12.4. The van der Waals surface area contributed by atoms with Crippen molar-refractivity contribution in [3.8, 4) is 0 Å². The quantitative estimate of drug-likeness (QED) is 0.669. The fraction of sp³-hybridized carbons (Fsp3) is 0.571. The van der Waals surface area contributed by atoms with E-state index in [2.05, 4.69) is 16.0 Å². The average Bonchev–Trinajstić information content (AvgIpc) is 3.04. The van der Waals surface area contributed by atoms with E-state index in [0.29, 0.717) is 25.4 Å². The van der Waals surface area contributed by atoms with Gasteiger partial charge in [-0.3, -0.25) is 14.5 Å². The third-order valence-electron chi connectivity index (χ3n) is 3.73. The molecule has 1 fully saturated rings. The van der Waals surface area contributed by atoms with Gasteiger partial charge in [0.1, 0.15) is 11.8 Å². The summed E-state index contributed by atoms with van der Waals surface area (Å²) < 4.78 is 5.18. The summed E-state index contributed by atoms with van der Waals surface area (Å²) in [7, 11) is 1.61.